The molecular weight excluding hydrogens is 428 g/mol. The van der Waals surface area contributed by atoms with Crippen molar-refractivity contribution >= 4 is 53.9 Å². The molecule has 2 rings (SSSR count). The predicted octanol–water partition coefficient (Wildman–Crippen LogP) is 4.68. The Kier molecular flexibility index (Phi) is 12.3. The Morgan fingerprint density at radius 3 is 2.26 bits per heavy atom. The summed E-state index contributed by atoms with van der Waals surface area (Å²) in [7, 11) is 0. The van der Waals surface area contributed by atoms with Gasteiger partial charge >= 0.3 is 0 Å². The topological polar surface area (TPSA) is 58.4 Å². The van der Waals surface area contributed by atoms with Crippen LogP contribution >= 0.6 is 48.0 Å². The molecule has 0 atom stereocenters. The average molecular weight is 459 g/mol. The first-order valence-electron chi connectivity index (χ1n) is 9.11. The number of amides is 1. The Hall–Kier alpha value is -0.230. The maximum Gasteiger partial charge on any atom is 0.227 e. The fraction of sp³-hybridized carbons (Fsp3) is 0.632. The van der Waals surface area contributed by atoms with Crippen LogP contribution in [0.2, 0.25) is 10.0 Å². The van der Waals surface area contributed by atoms with Crippen LogP contribution in [0.1, 0.15) is 45.1 Å². The number of halogens is 4. The molecule has 8 heteroatoms. The number of hydrogen-bond donors (Lipinski definition) is 2. The molecule has 156 valence electrons. The summed E-state index contributed by atoms with van der Waals surface area (Å²) in [4.78, 5) is 15.0. The van der Waals surface area contributed by atoms with Crippen molar-refractivity contribution in [2.24, 2.45) is 11.1 Å². The maximum atomic E-state index is 12.6. The van der Waals surface area contributed by atoms with E-state index in [2.05, 4.69) is 10.2 Å². The average Bonchev–Trinajstić information content (AvgIpc) is 2.62. The number of hydrogen-bond acceptors (Lipinski definition) is 3. The van der Waals surface area contributed by atoms with Crippen molar-refractivity contribution in [2.75, 3.05) is 19.6 Å². The Morgan fingerprint density at radius 1 is 1.19 bits per heavy atom. The van der Waals surface area contributed by atoms with E-state index < -0.39 is 5.41 Å². The number of nitrogens with one attached hydrogen (secondary N) is 1. The van der Waals surface area contributed by atoms with Gasteiger partial charge < -0.3 is 11.1 Å². The standard InChI is InChI=1S/C19H29Cl2N3O.2ClH/c1-3-19(4-2,13-22)18(25)23-15-7-9-24(10-8-15)12-14-5-6-16(20)17(21)11-14;;/h5-6,11,15H,3-4,7-10,12-13,22H2,1-2H3,(H,23,25);2*1H. The first-order chi connectivity index (χ1) is 11.9. The minimum absolute atomic E-state index is 0. The van der Waals surface area contributed by atoms with Gasteiger partial charge in [-0.1, -0.05) is 43.1 Å². The molecule has 27 heavy (non-hydrogen) atoms. The number of likely N-dealkylation sites (tertiary alicyclic amines) is 1. The number of piperidine rings is 1. The van der Waals surface area contributed by atoms with Crippen molar-refractivity contribution in [3.8, 4) is 0 Å². The van der Waals surface area contributed by atoms with Gasteiger partial charge in [0.25, 0.3) is 0 Å². The summed E-state index contributed by atoms with van der Waals surface area (Å²) in [5.74, 6) is 0.114. The minimum Gasteiger partial charge on any atom is -0.353 e. The minimum atomic E-state index is -0.419. The smallest absolute Gasteiger partial charge is 0.227 e. The zero-order chi connectivity index (χ0) is 18.4. The van der Waals surface area contributed by atoms with Gasteiger partial charge in [-0.15, -0.1) is 24.8 Å². The Morgan fingerprint density at radius 2 is 1.78 bits per heavy atom. The van der Waals surface area contributed by atoms with Gasteiger partial charge in [0.05, 0.1) is 15.5 Å². The Balaban J connectivity index is 0.00000338. The van der Waals surface area contributed by atoms with E-state index in [1.807, 2.05) is 32.0 Å². The lowest BCUT2D eigenvalue weighted by Crippen LogP contribution is -2.51. The molecule has 1 heterocycles. The van der Waals surface area contributed by atoms with Crippen LogP contribution in [-0.2, 0) is 11.3 Å². The van der Waals surface area contributed by atoms with Gasteiger partial charge in [-0.2, -0.15) is 0 Å². The highest BCUT2D eigenvalue weighted by Gasteiger charge is 2.35. The van der Waals surface area contributed by atoms with Crippen molar-refractivity contribution in [3.63, 3.8) is 0 Å². The molecule has 0 spiro atoms. The maximum absolute atomic E-state index is 12.6. The van der Waals surface area contributed by atoms with Crippen molar-refractivity contribution in [2.45, 2.75) is 52.1 Å². The summed E-state index contributed by atoms with van der Waals surface area (Å²) >= 11 is 12.1. The van der Waals surface area contributed by atoms with Gasteiger partial charge in [0, 0.05) is 32.2 Å². The van der Waals surface area contributed by atoms with E-state index in [-0.39, 0.29) is 36.8 Å². The summed E-state index contributed by atoms with van der Waals surface area (Å²) in [6, 6.07) is 6.02. The van der Waals surface area contributed by atoms with E-state index in [1.54, 1.807) is 0 Å². The first-order valence-corrected chi connectivity index (χ1v) is 9.87. The molecule has 1 saturated heterocycles. The molecule has 3 N–H and O–H groups in total. The molecule has 0 radical (unpaired) electrons. The molecule has 1 amide bonds. The van der Waals surface area contributed by atoms with Crippen LogP contribution in [0.15, 0.2) is 18.2 Å². The molecule has 1 aromatic carbocycles. The van der Waals surface area contributed by atoms with Crippen LogP contribution in [0.3, 0.4) is 0 Å². The summed E-state index contributed by atoms with van der Waals surface area (Å²) < 4.78 is 0. The highest BCUT2D eigenvalue weighted by molar-refractivity contribution is 6.42. The normalized spacial score (nSPS) is 15.6. The molecule has 0 unspecified atom stereocenters. The quantitative estimate of drug-likeness (QED) is 0.623. The van der Waals surface area contributed by atoms with Gasteiger partial charge in [-0.05, 0) is 43.4 Å². The fourth-order valence-corrected chi connectivity index (χ4v) is 3.74. The number of carbonyl (C=O) groups is 1. The number of carbonyl (C=O) groups excluding carboxylic acids is 1. The van der Waals surface area contributed by atoms with Crippen molar-refractivity contribution < 1.29 is 4.79 Å². The van der Waals surface area contributed by atoms with E-state index in [4.69, 9.17) is 28.9 Å². The summed E-state index contributed by atoms with van der Waals surface area (Å²) in [6.45, 7) is 7.25. The van der Waals surface area contributed by atoms with Crippen LogP contribution < -0.4 is 11.1 Å². The van der Waals surface area contributed by atoms with E-state index >= 15 is 0 Å². The predicted molar refractivity (Wildman–Crippen MR) is 119 cm³/mol. The highest BCUT2D eigenvalue weighted by atomic mass is 35.5. The molecular formula is C19H31Cl4N3O. The molecule has 0 aliphatic carbocycles. The summed E-state index contributed by atoms with van der Waals surface area (Å²) in [6.07, 6.45) is 3.48. The molecule has 0 saturated carbocycles. The number of benzene rings is 1. The van der Waals surface area contributed by atoms with Gasteiger partial charge in [-0.3, -0.25) is 9.69 Å². The molecule has 1 aliphatic heterocycles. The fourth-order valence-electron chi connectivity index (χ4n) is 3.42. The highest BCUT2D eigenvalue weighted by Crippen LogP contribution is 2.27. The van der Waals surface area contributed by atoms with Gasteiger partial charge in [0.1, 0.15) is 0 Å². The SMILES string of the molecule is CCC(CC)(CN)C(=O)NC1CCN(Cc2ccc(Cl)c(Cl)c2)CC1.Cl.Cl. The monoisotopic (exact) mass is 457 g/mol. The third kappa shape index (κ3) is 6.95. The second-order valence-electron chi connectivity index (χ2n) is 6.96. The zero-order valence-corrected chi connectivity index (χ0v) is 19.1. The second-order valence-corrected chi connectivity index (χ2v) is 7.78. The molecule has 1 aliphatic rings. The number of nitrogens with zero attached hydrogens (tertiary/aromatic N) is 1. The molecule has 0 bridgehead atoms. The number of rotatable bonds is 7. The zero-order valence-electron chi connectivity index (χ0n) is 16.0. The van der Waals surface area contributed by atoms with E-state index in [0.29, 0.717) is 16.6 Å². The number of nitrogens with two attached hydrogens (primary N) is 1. The lowest BCUT2D eigenvalue weighted by atomic mass is 9.81. The van der Waals surface area contributed by atoms with Crippen LogP contribution in [0.4, 0.5) is 0 Å². The first kappa shape index (κ1) is 26.8. The second kappa shape index (κ2) is 12.4. The summed E-state index contributed by atoms with van der Waals surface area (Å²) in [5.41, 5.74) is 6.62. The molecule has 0 aromatic heterocycles. The van der Waals surface area contributed by atoms with Crippen LogP contribution in [-0.4, -0.2) is 36.5 Å². The third-order valence-electron chi connectivity index (χ3n) is 5.54. The van der Waals surface area contributed by atoms with E-state index in [9.17, 15) is 4.79 Å². The van der Waals surface area contributed by atoms with Crippen LogP contribution in [0.25, 0.3) is 0 Å². The van der Waals surface area contributed by atoms with Crippen molar-refractivity contribution in [1.29, 1.82) is 0 Å². The van der Waals surface area contributed by atoms with Gasteiger partial charge in [0.15, 0.2) is 0 Å². The van der Waals surface area contributed by atoms with Crippen LogP contribution in [0.5, 0.6) is 0 Å². The molecule has 1 fully saturated rings. The van der Waals surface area contributed by atoms with Crippen molar-refractivity contribution in [3.05, 3.63) is 33.8 Å². The molecule has 1 aromatic rings. The van der Waals surface area contributed by atoms with E-state index in [1.165, 1.54) is 0 Å². The van der Waals surface area contributed by atoms with E-state index in [0.717, 1.165) is 50.9 Å². The Labute approximate surface area is 185 Å². The Bertz CT molecular complexity index is 580. The molecule has 4 nitrogen and oxygen atoms in total. The third-order valence-corrected chi connectivity index (χ3v) is 6.28. The lowest BCUT2D eigenvalue weighted by molar-refractivity contribution is -0.132. The lowest BCUT2D eigenvalue weighted by Gasteiger charge is -2.35. The van der Waals surface area contributed by atoms with Crippen molar-refractivity contribution in [1.82, 2.24) is 10.2 Å². The largest absolute Gasteiger partial charge is 0.353 e. The summed E-state index contributed by atoms with van der Waals surface area (Å²) in [5, 5.41) is 4.41. The van der Waals surface area contributed by atoms with Gasteiger partial charge in [-0.25, -0.2) is 0 Å². The van der Waals surface area contributed by atoms with Gasteiger partial charge in [0.2, 0.25) is 5.91 Å². The van der Waals surface area contributed by atoms with Crippen LogP contribution in [0, 0.1) is 5.41 Å².